The average molecular weight is 370 g/mol. The Morgan fingerprint density at radius 1 is 1.00 bits per heavy atom. The second-order valence-electron chi connectivity index (χ2n) is 4.13. The fourth-order valence-electron chi connectivity index (χ4n) is 1.51. The van der Waals surface area contributed by atoms with Gasteiger partial charge in [-0.05, 0) is 32.0 Å². The molecule has 0 amide bonds. The lowest BCUT2D eigenvalue weighted by atomic mass is 10.1. The van der Waals surface area contributed by atoms with Crippen LogP contribution in [0.4, 0.5) is 13.2 Å². The minimum atomic E-state index is -5.92. The third-order valence-electron chi connectivity index (χ3n) is 2.47. The number of halogens is 3. The molecule has 7 nitrogen and oxygen atoms in total. The molecule has 0 spiro atoms. The lowest BCUT2D eigenvalue weighted by Gasteiger charge is -2.12. The molecule has 0 aliphatic carbocycles. The zero-order chi connectivity index (χ0) is 18.5. The molecule has 0 saturated heterocycles. The van der Waals surface area contributed by atoms with Crippen LogP contribution in [0.15, 0.2) is 18.2 Å². The molecular weight excluding hydrogens is 357 g/mol. The van der Waals surface area contributed by atoms with Crippen molar-refractivity contribution < 1.29 is 44.8 Å². The zero-order valence-electron chi connectivity index (χ0n) is 12.5. The lowest BCUT2D eigenvalue weighted by Crippen LogP contribution is -2.28. The van der Waals surface area contributed by atoms with E-state index in [4.69, 9.17) is 4.74 Å². The van der Waals surface area contributed by atoms with E-state index in [-0.39, 0.29) is 18.8 Å². The number of hydrogen-bond acceptors (Lipinski definition) is 7. The number of rotatable bonds is 6. The largest absolute Gasteiger partial charge is 0.534 e. The summed E-state index contributed by atoms with van der Waals surface area (Å²) in [5.74, 6) is -2.77. The van der Waals surface area contributed by atoms with Crippen LogP contribution in [-0.4, -0.2) is 39.1 Å². The highest BCUT2D eigenvalue weighted by Gasteiger charge is 2.48. The topological polar surface area (TPSA) is 96.0 Å². The Morgan fingerprint density at radius 3 is 1.96 bits per heavy atom. The highest BCUT2D eigenvalue weighted by atomic mass is 32.2. The number of carbonyl (C=O) groups excluding carboxylic acids is 2. The van der Waals surface area contributed by atoms with Gasteiger partial charge in [0.15, 0.2) is 0 Å². The number of hydrogen-bond donors (Lipinski definition) is 0. The van der Waals surface area contributed by atoms with Gasteiger partial charge in [-0.3, -0.25) is 0 Å². The number of benzene rings is 1. The number of ether oxygens (including phenoxy) is 2. The van der Waals surface area contributed by atoms with E-state index in [0.717, 1.165) is 12.1 Å². The molecule has 0 bridgehead atoms. The summed E-state index contributed by atoms with van der Waals surface area (Å²) in [5.41, 5.74) is -6.42. The first-order valence-electron chi connectivity index (χ1n) is 6.52. The maximum atomic E-state index is 12.3. The Hall–Kier alpha value is -2.30. The minimum absolute atomic E-state index is 0.0121. The van der Waals surface area contributed by atoms with Gasteiger partial charge in [-0.2, -0.15) is 21.6 Å². The number of carbonyl (C=O) groups is 2. The maximum Gasteiger partial charge on any atom is 0.534 e. The highest BCUT2D eigenvalue weighted by molar-refractivity contribution is 7.88. The molecule has 0 unspecified atom stereocenters. The van der Waals surface area contributed by atoms with Crippen LogP contribution in [0, 0.1) is 0 Å². The van der Waals surface area contributed by atoms with Crippen molar-refractivity contribution in [2.45, 2.75) is 19.4 Å². The maximum absolute atomic E-state index is 12.3. The van der Waals surface area contributed by atoms with Crippen molar-refractivity contribution in [2.75, 3.05) is 13.2 Å². The van der Waals surface area contributed by atoms with Crippen molar-refractivity contribution in [3.63, 3.8) is 0 Å². The fraction of sp³-hybridized carbons (Fsp3) is 0.385. The van der Waals surface area contributed by atoms with Crippen molar-refractivity contribution in [2.24, 2.45) is 0 Å². The van der Waals surface area contributed by atoms with E-state index in [1.54, 1.807) is 0 Å². The van der Waals surface area contributed by atoms with Crippen LogP contribution in [0.3, 0.4) is 0 Å². The Bertz CT molecular complexity index is 726. The Morgan fingerprint density at radius 2 is 1.50 bits per heavy atom. The SMILES string of the molecule is CCOC(=O)c1ccc(OS(=O)(=O)C(F)(F)F)cc1C(=O)OCC. The molecule has 1 rings (SSSR count). The van der Waals surface area contributed by atoms with E-state index >= 15 is 0 Å². The molecule has 0 atom stereocenters. The molecule has 0 saturated carbocycles. The van der Waals surface area contributed by atoms with Crippen molar-refractivity contribution in [1.82, 2.24) is 0 Å². The molecule has 24 heavy (non-hydrogen) atoms. The van der Waals surface area contributed by atoms with Crippen LogP contribution in [-0.2, 0) is 19.6 Å². The highest BCUT2D eigenvalue weighted by Crippen LogP contribution is 2.28. The second-order valence-corrected chi connectivity index (χ2v) is 5.67. The summed E-state index contributed by atoms with van der Waals surface area (Å²) < 4.78 is 72.3. The van der Waals surface area contributed by atoms with Crippen molar-refractivity contribution >= 4 is 22.1 Å². The Kier molecular flexibility index (Phi) is 6.18. The minimum Gasteiger partial charge on any atom is -0.462 e. The molecule has 11 heteroatoms. The third kappa shape index (κ3) is 4.60. The molecule has 0 aliphatic heterocycles. The molecule has 0 radical (unpaired) electrons. The van der Waals surface area contributed by atoms with Crippen LogP contribution in [0.25, 0.3) is 0 Å². The van der Waals surface area contributed by atoms with E-state index in [0.29, 0.717) is 6.07 Å². The van der Waals surface area contributed by atoms with E-state index < -0.39 is 38.9 Å². The quantitative estimate of drug-likeness (QED) is 0.430. The van der Waals surface area contributed by atoms with Gasteiger partial charge in [-0.1, -0.05) is 0 Å². The monoisotopic (exact) mass is 370 g/mol. The van der Waals surface area contributed by atoms with Gasteiger partial charge in [0.2, 0.25) is 0 Å². The predicted molar refractivity (Wildman–Crippen MR) is 74.0 cm³/mol. The molecule has 0 heterocycles. The molecule has 0 N–H and O–H groups in total. The van der Waals surface area contributed by atoms with Crippen LogP contribution in [0.1, 0.15) is 34.6 Å². The predicted octanol–water partition coefficient (Wildman–Crippen LogP) is 2.27. The summed E-state index contributed by atoms with van der Waals surface area (Å²) in [5, 5.41) is 0. The first kappa shape index (κ1) is 19.7. The normalized spacial score (nSPS) is 11.7. The molecule has 0 aromatic heterocycles. The molecule has 0 aliphatic rings. The summed E-state index contributed by atoms with van der Waals surface area (Å²) in [7, 11) is -5.92. The molecule has 134 valence electrons. The van der Waals surface area contributed by atoms with E-state index in [1.165, 1.54) is 13.8 Å². The van der Waals surface area contributed by atoms with E-state index in [1.807, 2.05) is 0 Å². The Balaban J connectivity index is 3.31. The average Bonchev–Trinajstić information content (AvgIpc) is 2.46. The summed E-state index contributed by atoms with van der Waals surface area (Å²) in [6.07, 6.45) is 0. The van der Waals surface area contributed by atoms with Gasteiger partial charge in [0.1, 0.15) is 5.75 Å². The van der Waals surface area contributed by atoms with Gasteiger partial charge in [-0.25, -0.2) is 9.59 Å². The molecule has 1 aromatic carbocycles. The summed E-state index contributed by atoms with van der Waals surface area (Å²) in [4.78, 5) is 23.6. The van der Waals surface area contributed by atoms with Crippen LogP contribution in [0.5, 0.6) is 5.75 Å². The van der Waals surface area contributed by atoms with Gasteiger partial charge in [0, 0.05) is 0 Å². The van der Waals surface area contributed by atoms with E-state index in [9.17, 15) is 31.2 Å². The zero-order valence-corrected chi connectivity index (χ0v) is 13.4. The molecular formula is C13H13F3O7S. The van der Waals surface area contributed by atoms with Crippen LogP contribution >= 0.6 is 0 Å². The second kappa shape index (κ2) is 7.51. The molecule has 1 aromatic rings. The Labute approximate surface area is 135 Å². The van der Waals surface area contributed by atoms with Gasteiger partial charge in [0.25, 0.3) is 0 Å². The van der Waals surface area contributed by atoms with E-state index in [2.05, 4.69) is 8.92 Å². The third-order valence-corrected chi connectivity index (χ3v) is 3.45. The van der Waals surface area contributed by atoms with Crippen molar-refractivity contribution in [3.8, 4) is 5.75 Å². The van der Waals surface area contributed by atoms with Crippen molar-refractivity contribution in [3.05, 3.63) is 29.3 Å². The summed E-state index contributed by atoms with van der Waals surface area (Å²) in [6.45, 7) is 2.89. The van der Waals surface area contributed by atoms with Gasteiger partial charge in [-0.15, -0.1) is 0 Å². The van der Waals surface area contributed by atoms with Gasteiger partial charge < -0.3 is 13.7 Å². The lowest BCUT2D eigenvalue weighted by molar-refractivity contribution is -0.0500. The first-order chi connectivity index (χ1) is 11.0. The first-order valence-corrected chi connectivity index (χ1v) is 7.93. The van der Waals surface area contributed by atoms with Crippen LogP contribution in [0.2, 0.25) is 0 Å². The van der Waals surface area contributed by atoms with Gasteiger partial charge in [0.05, 0.1) is 24.3 Å². The van der Waals surface area contributed by atoms with Gasteiger partial charge >= 0.3 is 27.6 Å². The fourth-order valence-corrected chi connectivity index (χ4v) is 1.97. The molecule has 0 fully saturated rings. The van der Waals surface area contributed by atoms with Crippen LogP contribution < -0.4 is 4.18 Å². The smallest absolute Gasteiger partial charge is 0.462 e. The standard InChI is InChI=1S/C13H13F3O7S/c1-3-21-11(17)9-6-5-8(7-10(9)12(18)22-4-2)23-24(19,20)13(14,15)16/h5-7H,3-4H2,1-2H3. The summed E-state index contributed by atoms with van der Waals surface area (Å²) >= 11 is 0. The summed E-state index contributed by atoms with van der Waals surface area (Å²) in [6, 6.07) is 2.36. The van der Waals surface area contributed by atoms with Crippen molar-refractivity contribution in [1.29, 1.82) is 0 Å². The number of esters is 2. The number of alkyl halides is 3.